The van der Waals surface area contributed by atoms with Gasteiger partial charge in [0.1, 0.15) is 12.1 Å². The molecule has 164 valence electrons. The van der Waals surface area contributed by atoms with Gasteiger partial charge in [-0.3, -0.25) is 14.5 Å². The molecule has 0 saturated heterocycles. The lowest BCUT2D eigenvalue weighted by Crippen LogP contribution is -2.36. The number of hydrogen-bond acceptors (Lipinski definition) is 5. The summed E-state index contributed by atoms with van der Waals surface area (Å²) >= 11 is 0. The van der Waals surface area contributed by atoms with Crippen LogP contribution in [0.1, 0.15) is 47.1 Å². The van der Waals surface area contributed by atoms with Crippen LogP contribution in [0.4, 0.5) is 10.5 Å². The molecule has 0 bridgehead atoms. The van der Waals surface area contributed by atoms with Crippen LogP contribution in [-0.4, -0.2) is 46.3 Å². The number of aliphatic carboxylic acids is 1. The molecule has 0 atom stereocenters. The smallest absolute Gasteiger partial charge is 0.407 e. The third-order valence-electron chi connectivity index (χ3n) is 4.01. The molecule has 0 heterocycles. The van der Waals surface area contributed by atoms with Crippen molar-refractivity contribution in [3.63, 3.8) is 0 Å². The number of alkyl carbamates (subject to hydrolysis) is 1. The third-order valence-corrected chi connectivity index (χ3v) is 4.01. The fourth-order valence-corrected chi connectivity index (χ4v) is 2.74. The van der Waals surface area contributed by atoms with Crippen LogP contribution in [0, 0.1) is 0 Å². The highest BCUT2D eigenvalue weighted by atomic mass is 16.6. The number of nitrogens with zero attached hydrogens (tertiary/aromatic N) is 1. The minimum Gasteiger partial charge on any atom is -0.480 e. The second-order valence-corrected chi connectivity index (χ2v) is 7.65. The van der Waals surface area contributed by atoms with Crippen LogP contribution in [0.25, 0.3) is 0 Å². The van der Waals surface area contributed by atoms with E-state index in [0.717, 1.165) is 4.90 Å². The molecular weight excluding hydrogens is 404 g/mol. The SMILES string of the molecule is CC(C)(C)OC(=O)NCc1cc(N(CC(=O)O)C(=O)c2ccccc2)ccc1C(=O)O. The van der Waals surface area contributed by atoms with Crippen LogP contribution in [0.3, 0.4) is 0 Å². The van der Waals surface area contributed by atoms with Gasteiger partial charge >= 0.3 is 18.0 Å². The van der Waals surface area contributed by atoms with Crippen molar-refractivity contribution in [1.82, 2.24) is 5.32 Å². The van der Waals surface area contributed by atoms with Crippen molar-refractivity contribution < 1.29 is 34.1 Å². The van der Waals surface area contributed by atoms with Crippen molar-refractivity contribution in [3.8, 4) is 0 Å². The van der Waals surface area contributed by atoms with Gasteiger partial charge in [-0.1, -0.05) is 18.2 Å². The number of benzene rings is 2. The topological polar surface area (TPSA) is 133 Å². The first-order valence-electron chi connectivity index (χ1n) is 9.39. The highest BCUT2D eigenvalue weighted by Crippen LogP contribution is 2.22. The lowest BCUT2D eigenvalue weighted by Gasteiger charge is -2.23. The van der Waals surface area contributed by atoms with E-state index < -0.39 is 36.1 Å². The number of carbonyl (C=O) groups is 4. The predicted molar refractivity (Wildman–Crippen MR) is 112 cm³/mol. The van der Waals surface area contributed by atoms with Gasteiger partial charge in [0.15, 0.2) is 0 Å². The van der Waals surface area contributed by atoms with Crippen LogP contribution < -0.4 is 10.2 Å². The molecule has 0 aliphatic rings. The zero-order chi connectivity index (χ0) is 23.2. The maximum Gasteiger partial charge on any atom is 0.407 e. The average Bonchev–Trinajstić information content (AvgIpc) is 2.69. The number of carbonyl (C=O) groups excluding carboxylic acids is 2. The number of carboxylic acids is 2. The number of carboxylic acid groups (broad SMARTS) is 2. The number of rotatable bonds is 7. The van der Waals surface area contributed by atoms with Crippen molar-refractivity contribution in [3.05, 3.63) is 65.2 Å². The highest BCUT2D eigenvalue weighted by Gasteiger charge is 2.23. The second-order valence-electron chi connectivity index (χ2n) is 7.65. The molecule has 0 fully saturated rings. The summed E-state index contributed by atoms with van der Waals surface area (Å²) in [6.45, 7) is 4.25. The third kappa shape index (κ3) is 6.84. The summed E-state index contributed by atoms with van der Waals surface area (Å²) in [5, 5.41) is 21.2. The van der Waals surface area contributed by atoms with E-state index >= 15 is 0 Å². The zero-order valence-corrected chi connectivity index (χ0v) is 17.4. The summed E-state index contributed by atoms with van der Waals surface area (Å²) in [5.74, 6) is -3.02. The van der Waals surface area contributed by atoms with E-state index in [1.54, 1.807) is 51.1 Å². The first-order chi connectivity index (χ1) is 14.5. The molecule has 0 aliphatic heterocycles. The molecule has 2 aromatic rings. The number of anilines is 1. The maximum absolute atomic E-state index is 12.9. The van der Waals surface area contributed by atoms with Gasteiger partial charge < -0.3 is 20.3 Å². The van der Waals surface area contributed by atoms with Crippen molar-refractivity contribution in [1.29, 1.82) is 0 Å². The summed E-state index contributed by atoms with van der Waals surface area (Å²) in [7, 11) is 0. The summed E-state index contributed by atoms with van der Waals surface area (Å²) in [4.78, 5) is 48.8. The summed E-state index contributed by atoms with van der Waals surface area (Å²) in [5.41, 5.74) is -0.182. The first kappa shape index (κ1) is 23.4. The zero-order valence-electron chi connectivity index (χ0n) is 17.4. The molecule has 0 unspecified atom stereocenters. The van der Waals surface area contributed by atoms with Gasteiger partial charge in [-0.05, 0) is 56.7 Å². The van der Waals surface area contributed by atoms with Crippen molar-refractivity contribution in [2.45, 2.75) is 32.9 Å². The van der Waals surface area contributed by atoms with Crippen LogP contribution in [-0.2, 0) is 16.1 Å². The Bertz CT molecular complexity index is 981. The molecule has 0 saturated carbocycles. The van der Waals surface area contributed by atoms with E-state index in [0.29, 0.717) is 0 Å². The average molecular weight is 428 g/mol. The van der Waals surface area contributed by atoms with E-state index in [1.165, 1.54) is 18.2 Å². The van der Waals surface area contributed by atoms with Crippen molar-refractivity contribution in [2.75, 3.05) is 11.4 Å². The molecule has 2 amide bonds. The Balaban J connectivity index is 2.38. The van der Waals surface area contributed by atoms with Gasteiger partial charge in [0.2, 0.25) is 0 Å². The summed E-state index contributed by atoms with van der Waals surface area (Å²) in [6.07, 6.45) is -0.739. The number of amides is 2. The second kappa shape index (κ2) is 9.75. The quantitative estimate of drug-likeness (QED) is 0.617. The molecule has 0 aliphatic carbocycles. The molecule has 0 aromatic heterocycles. The van der Waals surface area contributed by atoms with Crippen LogP contribution >= 0.6 is 0 Å². The molecular formula is C22H24N2O7. The maximum atomic E-state index is 12.9. The largest absolute Gasteiger partial charge is 0.480 e. The Kier molecular flexibility index (Phi) is 7.36. The highest BCUT2D eigenvalue weighted by molar-refractivity contribution is 6.08. The van der Waals surface area contributed by atoms with Crippen molar-refractivity contribution >= 4 is 29.6 Å². The van der Waals surface area contributed by atoms with E-state index in [4.69, 9.17) is 4.74 Å². The van der Waals surface area contributed by atoms with E-state index in [-0.39, 0.29) is 28.9 Å². The Labute approximate surface area is 179 Å². The van der Waals surface area contributed by atoms with Crippen molar-refractivity contribution in [2.24, 2.45) is 0 Å². The fourth-order valence-electron chi connectivity index (χ4n) is 2.74. The lowest BCUT2D eigenvalue weighted by atomic mass is 10.1. The monoisotopic (exact) mass is 428 g/mol. The summed E-state index contributed by atoms with van der Waals surface area (Å²) < 4.78 is 5.15. The van der Waals surface area contributed by atoms with Gasteiger partial charge in [-0.25, -0.2) is 9.59 Å². The predicted octanol–water partition coefficient (Wildman–Crippen LogP) is 3.14. The number of nitrogens with one attached hydrogen (secondary N) is 1. The van der Waals surface area contributed by atoms with Gasteiger partial charge in [-0.2, -0.15) is 0 Å². The normalized spacial score (nSPS) is 10.8. The molecule has 3 N–H and O–H groups in total. The Morgan fingerprint density at radius 3 is 2.19 bits per heavy atom. The Morgan fingerprint density at radius 1 is 1.00 bits per heavy atom. The molecule has 9 nitrogen and oxygen atoms in total. The fraction of sp³-hybridized carbons (Fsp3) is 0.273. The van der Waals surface area contributed by atoms with Crippen LogP contribution in [0.5, 0.6) is 0 Å². The van der Waals surface area contributed by atoms with Gasteiger partial charge in [0, 0.05) is 17.8 Å². The molecule has 0 radical (unpaired) electrons. The van der Waals surface area contributed by atoms with E-state index in [2.05, 4.69) is 5.32 Å². The van der Waals surface area contributed by atoms with Gasteiger partial charge in [0.05, 0.1) is 5.56 Å². The Morgan fingerprint density at radius 2 is 1.65 bits per heavy atom. The standard InChI is InChI=1S/C22H24N2O7/c1-22(2,3)31-21(30)23-12-15-11-16(9-10-17(15)20(28)29)24(13-18(25)26)19(27)14-7-5-4-6-8-14/h4-11H,12-13H2,1-3H3,(H,23,30)(H,25,26)(H,28,29). The van der Waals surface area contributed by atoms with E-state index in [9.17, 15) is 29.4 Å². The molecule has 2 aromatic carbocycles. The van der Waals surface area contributed by atoms with Crippen LogP contribution in [0.15, 0.2) is 48.5 Å². The minimum absolute atomic E-state index is 0.0951. The van der Waals surface area contributed by atoms with Gasteiger partial charge in [0.25, 0.3) is 5.91 Å². The molecule has 0 spiro atoms. The summed E-state index contributed by atoms with van der Waals surface area (Å²) in [6, 6.07) is 12.1. The molecule has 31 heavy (non-hydrogen) atoms. The van der Waals surface area contributed by atoms with Crippen LogP contribution in [0.2, 0.25) is 0 Å². The number of ether oxygens (including phenoxy) is 1. The Hall–Kier alpha value is -3.88. The minimum atomic E-state index is -1.24. The molecule has 9 heteroatoms. The van der Waals surface area contributed by atoms with E-state index in [1.807, 2.05) is 0 Å². The lowest BCUT2D eigenvalue weighted by molar-refractivity contribution is -0.135. The number of aromatic carboxylic acids is 1. The molecule has 2 rings (SSSR count). The number of hydrogen-bond donors (Lipinski definition) is 3. The first-order valence-corrected chi connectivity index (χ1v) is 9.39. The van der Waals surface area contributed by atoms with Gasteiger partial charge in [-0.15, -0.1) is 0 Å².